The molecule has 1 aromatic rings. The minimum absolute atomic E-state index is 0.153. The van der Waals surface area contributed by atoms with Crippen molar-refractivity contribution in [2.75, 3.05) is 26.2 Å². The topological polar surface area (TPSA) is 65.2 Å². The maximum Gasteiger partial charge on any atom is 0.267 e. The number of likely N-dealkylation sites (tertiary alicyclic amines) is 1. The van der Waals surface area contributed by atoms with Gasteiger partial charge in [-0.05, 0) is 31.2 Å². The van der Waals surface area contributed by atoms with Gasteiger partial charge >= 0.3 is 0 Å². The third-order valence-corrected chi connectivity index (χ3v) is 3.80. The largest absolute Gasteiger partial charge is 0.357 e. The minimum Gasteiger partial charge on any atom is -0.357 e. The first kappa shape index (κ1) is 15.8. The number of rotatable bonds is 5. The van der Waals surface area contributed by atoms with E-state index in [0.29, 0.717) is 24.1 Å². The molecule has 0 radical (unpaired) electrons. The molecule has 1 unspecified atom stereocenters. The minimum atomic E-state index is -0.200. The Morgan fingerprint density at radius 3 is 3.05 bits per heavy atom. The Kier molecular flexibility index (Phi) is 5.56. The lowest BCUT2D eigenvalue weighted by Crippen LogP contribution is -2.42. The molecule has 1 aromatic heterocycles. The van der Waals surface area contributed by atoms with Gasteiger partial charge in [0.05, 0.1) is 0 Å². The van der Waals surface area contributed by atoms with Crippen LogP contribution in [0.3, 0.4) is 0 Å². The fraction of sp³-hybridized carbons (Fsp3) is 0.625. The summed E-state index contributed by atoms with van der Waals surface area (Å²) in [6.07, 6.45) is 3.85. The SMILES string of the molecule is CC(C)CN1CCCC(CNC(=O)c2cc(=O)cc[nH]2)C1. The van der Waals surface area contributed by atoms with E-state index in [1.54, 1.807) is 0 Å². The molecule has 0 bridgehead atoms. The van der Waals surface area contributed by atoms with Gasteiger partial charge in [0.2, 0.25) is 0 Å². The van der Waals surface area contributed by atoms with E-state index in [-0.39, 0.29) is 11.3 Å². The van der Waals surface area contributed by atoms with E-state index < -0.39 is 0 Å². The predicted octanol–water partition coefficient (Wildman–Crippen LogP) is 1.47. The molecule has 0 saturated carbocycles. The molecule has 21 heavy (non-hydrogen) atoms. The van der Waals surface area contributed by atoms with E-state index in [9.17, 15) is 9.59 Å². The monoisotopic (exact) mass is 291 g/mol. The summed E-state index contributed by atoms with van der Waals surface area (Å²) in [5.41, 5.74) is 0.178. The Morgan fingerprint density at radius 1 is 1.52 bits per heavy atom. The van der Waals surface area contributed by atoms with E-state index in [1.807, 2.05) is 0 Å². The lowest BCUT2D eigenvalue weighted by Gasteiger charge is -2.33. The number of carbonyl (C=O) groups excluding carboxylic acids is 1. The van der Waals surface area contributed by atoms with E-state index >= 15 is 0 Å². The lowest BCUT2D eigenvalue weighted by molar-refractivity contribution is 0.0924. The molecule has 1 amide bonds. The summed E-state index contributed by atoms with van der Waals surface area (Å²) in [5.74, 6) is 0.971. The number of hydrogen-bond acceptors (Lipinski definition) is 3. The van der Waals surface area contributed by atoms with Crippen LogP contribution in [-0.2, 0) is 0 Å². The first-order valence-corrected chi connectivity index (χ1v) is 7.74. The van der Waals surface area contributed by atoms with Gasteiger partial charge in [-0.25, -0.2) is 0 Å². The molecule has 0 aliphatic carbocycles. The number of H-pyrrole nitrogens is 1. The van der Waals surface area contributed by atoms with Gasteiger partial charge in [0, 0.05) is 38.0 Å². The van der Waals surface area contributed by atoms with E-state index in [0.717, 1.165) is 26.1 Å². The van der Waals surface area contributed by atoms with Crippen LogP contribution in [0.4, 0.5) is 0 Å². The number of amides is 1. The number of nitrogens with zero attached hydrogens (tertiary/aromatic N) is 1. The summed E-state index contributed by atoms with van der Waals surface area (Å²) < 4.78 is 0. The quantitative estimate of drug-likeness (QED) is 0.863. The Bertz CT molecular complexity index is 524. The molecule has 2 heterocycles. The average Bonchev–Trinajstić information content (AvgIpc) is 2.44. The summed E-state index contributed by atoms with van der Waals surface area (Å²) in [4.78, 5) is 28.5. The van der Waals surface area contributed by atoms with Crippen LogP contribution in [0.2, 0.25) is 0 Å². The van der Waals surface area contributed by atoms with Gasteiger partial charge in [-0.2, -0.15) is 0 Å². The normalized spacial score (nSPS) is 19.7. The highest BCUT2D eigenvalue weighted by molar-refractivity contribution is 5.92. The van der Waals surface area contributed by atoms with Crippen molar-refractivity contribution in [1.82, 2.24) is 15.2 Å². The Labute approximate surface area is 125 Å². The van der Waals surface area contributed by atoms with Crippen molar-refractivity contribution in [1.29, 1.82) is 0 Å². The molecule has 1 atom stereocenters. The van der Waals surface area contributed by atoms with Crippen molar-refractivity contribution in [2.24, 2.45) is 11.8 Å². The summed E-state index contributed by atoms with van der Waals surface area (Å²) in [7, 11) is 0. The molecule has 116 valence electrons. The summed E-state index contributed by atoms with van der Waals surface area (Å²) in [5, 5.41) is 2.93. The smallest absolute Gasteiger partial charge is 0.267 e. The lowest BCUT2D eigenvalue weighted by atomic mass is 9.97. The van der Waals surface area contributed by atoms with Gasteiger partial charge < -0.3 is 15.2 Å². The van der Waals surface area contributed by atoms with Crippen molar-refractivity contribution in [3.63, 3.8) is 0 Å². The molecular formula is C16H25N3O2. The summed E-state index contributed by atoms with van der Waals surface area (Å²) >= 11 is 0. The van der Waals surface area contributed by atoms with Crippen LogP contribution in [-0.4, -0.2) is 42.0 Å². The van der Waals surface area contributed by atoms with Crippen LogP contribution in [0.5, 0.6) is 0 Å². The van der Waals surface area contributed by atoms with Crippen LogP contribution < -0.4 is 10.7 Å². The molecule has 0 spiro atoms. The second kappa shape index (κ2) is 7.41. The summed E-state index contributed by atoms with van der Waals surface area (Å²) in [6, 6.07) is 2.74. The van der Waals surface area contributed by atoms with Crippen LogP contribution in [0.1, 0.15) is 37.2 Å². The average molecular weight is 291 g/mol. The Balaban J connectivity index is 1.82. The van der Waals surface area contributed by atoms with Gasteiger partial charge in [0.1, 0.15) is 5.69 Å². The number of pyridine rings is 1. The van der Waals surface area contributed by atoms with Crippen molar-refractivity contribution in [3.05, 3.63) is 34.2 Å². The van der Waals surface area contributed by atoms with Crippen LogP contribution in [0.25, 0.3) is 0 Å². The molecule has 1 aliphatic rings. The van der Waals surface area contributed by atoms with Crippen molar-refractivity contribution >= 4 is 5.91 Å². The maximum atomic E-state index is 12.0. The maximum absolute atomic E-state index is 12.0. The standard InChI is InChI=1S/C16H25N3O2/c1-12(2)10-19-7-3-4-13(11-19)9-18-16(21)15-8-14(20)5-6-17-15/h5-6,8,12-13H,3-4,7,9-11H2,1-2H3,(H,17,20)(H,18,21). The molecule has 2 rings (SSSR count). The number of aromatic nitrogens is 1. The molecule has 0 aromatic carbocycles. The molecule has 2 N–H and O–H groups in total. The zero-order valence-corrected chi connectivity index (χ0v) is 12.9. The van der Waals surface area contributed by atoms with Gasteiger partial charge in [-0.3, -0.25) is 9.59 Å². The number of piperidine rings is 1. The summed E-state index contributed by atoms with van der Waals surface area (Å²) in [6.45, 7) is 8.47. The second-order valence-electron chi connectivity index (χ2n) is 6.31. The zero-order valence-electron chi connectivity index (χ0n) is 12.9. The molecule has 1 saturated heterocycles. The first-order chi connectivity index (χ1) is 10.0. The fourth-order valence-electron chi connectivity index (χ4n) is 2.91. The zero-order chi connectivity index (χ0) is 15.2. The van der Waals surface area contributed by atoms with Gasteiger partial charge in [0.25, 0.3) is 5.91 Å². The third kappa shape index (κ3) is 5.01. The first-order valence-electron chi connectivity index (χ1n) is 7.74. The molecule has 5 heteroatoms. The van der Waals surface area contributed by atoms with Crippen molar-refractivity contribution in [3.8, 4) is 0 Å². The highest BCUT2D eigenvalue weighted by Crippen LogP contribution is 2.16. The van der Waals surface area contributed by atoms with E-state index in [4.69, 9.17) is 0 Å². The highest BCUT2D eigenvalue weighted by atomic mass is 16.2. The Morgan fingerprint density at radius 2 is 2.33 bits per heavy atom. The van der Waals surface area contributed by atoms with Gasteiger partial charge in [0.15, 0.2) is 5.43 Å². The Hall–Kier alpha value is -1.62. The number of aromatic amines is 1. The van der Waals surface area contributed by atoms with E-state index in [2.05, 4.69) is 29.0 Å². The number of nitrogens with one attached hydrogen (secondary N) is 2. The molecule has 5 nitrogen and oxygen atoms in total. The van der Waals surface area contributed by atoms with Gasteiger partial charge in [-0.15, -0.1) is 0 Å². The fourth-order valence-corrected chi connectivity index (χ4v) is 2.91. The van der Waals surface area contributed by atoms with Crippen molar-refractivity contribution in [2.45, 2.75) is 26.7 Å². The predicted molar refractivity (Wildman–Crippen MR) is 83.4 cm³/mol. The van der Waals surface area contributed by atoms with Crippen molar-refractivity contribution < 1.29 is 4.79 Å². The highest BCUT2D eigenvalue weighted by Gasteiger charge is 2.21. The number of hydrogen-bond donors (Lipinski definition) is 2. The van der Waals surface area contributed by atoms with Crippen LogP contribution in [0, 0.1) is 11.8 Å². The van der Waals surface area contributed by atoms with E-state index in [1.165, 1.54) is 24.8 Å². The van der Waals surface area contributed by atoms with Gasteiger partial charge in [-0.1, -0.05) is 13.8 Å². The molecule has 1 aliphatic heterocycles. The third-order valence-electron chi connectivity index (χ3n) is 3.80. The van der Waals surface area contributed by atoms with Crippen LogP contribution in [0.15, 0.2) is 23.1 Å². The number of carbonyl (C=O) groups is 1. The molecule has 1 fully saturated rings. The van der Waals surface area contributed by atoms with Crippen LogP contribution >= 0.6 is 0 Å². The second-order valence-corrected chi connectivity index (χ2v) is 6.31. The molecular weight excluding hydrogens is 266 g/mol.